The van der Waals surface area contributed by atoms with E-state index in [2.05, 4.69) is 10.3 Å². The molecule has 1 unspecified atom stereocenters. The minimum Gasteiger partial charge on any atom is -0.479 e. The van der Waals surface area contributed by atoms with E-state index in [1.165, 1.54) is 6.92 Å². The number of sulfone groups is 1. The number of esters is 1. The summed E-state index contributed by atoms with van der Waals surface area (Å²) < 4.78 is 35.5. The summed E-state index contributed by atoms with van der Waals surface area (Å²) in [7, 11) is -3.98. The number of nitro benzene ring substituents is 1. The average molecular weight is 492 g/mol. The highest BCUT2D eigenvalue weighted by atomic mass is 32.2. The fraction of sp³-hybridized carbons (Fsp3) is 0.150. The molecule has 2 aromatic carbocycles. The van der Waals surface area contributed by atoms with Crippen LogP contribution < -0.4 is 10.1 Å². The van der Waals surface area contributed by atoms with Gasteiger partial charge >= 0.3 is 5.97 Å². The molecule has 13 heteroatoms. The molecule has 3 aromatic rings. The fourth-order valence-corrected chi connectivity index (χ4v) is 4.91. The van der Waals surface area contributed by atoms with Gasteiger partial charge in [-0.25, -0.2) is 18.2 Å². The Morgan fingerprint density at radius 3 is 2.45 bits per heavy atom. The molecule has 0 fully saturated rings. The predicted molar refractivity (Wildman–Crippen MR) is 117 cm³/mol. The second kappa shape index (κ2) is 10.2. The number of nitrogens with zero attached hydrogens (tertiary/aromatic N) is 2. The second-order valence-corrected chi connectivity index (χ2v) is 9.68. The summed E-state index contributed by atoms with van der Waals surface area (Å²) in [5.74, 6) is -1.01. The maximum atomic E-state index is 12.7. The number of para-hydroxylation sites is 1. The van der Waals surface area contributed by atoms with Crippen LogP contribution in [0.25, 0.3) is 0 Å². The first-order valence-electron chi connectivity index (χ1n) is 9.30. The zero-order valence-electron chi connectivity index (χ0n) is 17.0. The van der Waals surface area contributed by atoms with Gasteiger partial charge in [-0.3, -0.25) is 20.2 Å². The third-order valence-corrected chi connectivity index (χ3v) is 7.23. The van der Waals surface area contributed by atoms with Crippen molar-refractivity contribution < 1.29 is 32.4 Å². The van der Waals surface area contributed by atoms with Crippen molar-refractivity contribution in [1.29, 1.82) is 0 Å². The first-order chi connectivity index (χ1) is 15.7. The van der Waals surface area contributed by atoms with Crippen molar-refractivity contribution >= 4 is 43.9 Å². The quantitative estimate of drug-likeness (QED) is 0.270. The molecule has 0 spiro atoms. The van der Waals surface area contributed by atoms with E-state index in [-0.39, 0.29) is 19.9 Å². The predicted octanol–water partition coefficient (Wildman–Crippen LogP) is 2.83. The Morgan fingerprint density at radius 1 is 1.15 bits per heavy atom. The van der Waals surface area contributed by atoms with Gasteiger partial charge < -0.3 is 9.47 Å². The summed E-state index contributed by atoms with van der Waals surface area (Å²) in [6.45, 7) is 0.856. The highest BCUT2D eigenvalue weighted by Crippen LogP contribution is 2.29. The Morgan fingerprint density at radius 2 is 1.82 bits per heavy atom. The molecule has 172 valence electrons. The Hall–Kier alpha value is -3.84. The van der Waals surface area contributed by atoms with Crippen molar-refractivity contribution in [3.05, 3.63) is 70.9 Å². The van der Waals surface area contributed by atoms with Crippen molar-refractivity contribution in [2.24, 2.45) is 0 Å². The van der Waals surface area contributed by atoms with Crippen LogP contribution in [0.3, 0.4) is 0 Å². The van der Waals surface area contributed by atoms with Crippen molar-refractivity contribution in [3.8, 4) is 5.75 Å². The molecular formula is C20H17N3O8S2. The first-order valence-corrected chi connectivity index (χ1v) is 11.6. The molecular weight excluding hydrogens is 474 g/mol. The number of nitrogens with one attached hydrogen (secondary N) is 1. The van der Waals surface area contributed by atoms with E-state index in [9.17, 15) is 28.1 Å². The summed E-state index contributed by atoms with van der Waals surface area (Å²) in [4.78, 5) is 37.8. The Balaban J connectivity index is 1.55. The maximum absolute atomic E-state index is 12.7. The lowest BCUT2D eigenvalue weighted by Crippen LogP contribution is -2.29. The molecule has 0 radical (unpaired) electrons. The monoisotopic (exact) mass is 491 g/mol. The number of anilines is 1. The van der Waals surface area contributed by atoms with Gasteiger partial charge in [0.1, 0.15) is 9.96 Å². The molecule has 1 atom stereocenters. The molecule has 0 aliphatic carbocycles. The maximum Gasteiger partial charge on any atom is 0.347 e. The molecule has 0 aliphatic heterocycles. The van der Waals surface area contributed by atoms with Gasteiger partial charge in [-0.1, -0.05) is 29.5 Å². The summed E-state index contributed by atoms with van der Waals surface area (Å²) >= 11 is 0.686. The lowest BCUT2D eigenvalue weighted by molar-refractivity contribution is -0.384. The lowest BCUT2D eigenvalue weighted by Gasteiger charge is -2.13. The summed E-state index contributed by atoms with van der Waals surface area (Å²) in [5.41, 5.74) is -0.246. The van der Waals surface area contributed by atoms with Gasteiger partial charge in [-0.15, -0.1) is 0 Å². The number of thiazole rings is 1. The molecule has 1 N–H and O–H groups in total. The van der Waals surface area contributed by atoms with E-state index >= 15 is 0 Å². The molecule has 0 saturated carbocycles. The molecule has 33 heavy (non-hydrogen) atoms. The third kappa shape index (κ3) is 6.11. The smallest absolute Gasteiger partial charge is 0.347 e. The van der Waals surface area contributed by atoms with Gasteiger partial charge in [0.05, 0.1) is 16.0 Å². The van der Waals surface area contributed by atoms with Gasteiger partial charge in [0, 0.05) is 12.1 Å². The van der Waals surface area contributed by atoms with Crippen molar-refractivity contribution in [2.75, 3.05) is 11.9 Å². The number of non-ortho nitro benzene ring substituents is 1. The Labute approximate surface area is 192 Å². The summed E-state index contributed by atoms with van der Waals surface area (Å²) in [6, 6.07) is 13.0. The average Bonchev–Trinajstić information content (AvgIpc) is 3.27. The van der Waals surface area contributed by atoms with E-state index in [1.807, 2.05) is 0 Å². The number of ether oxygens (including phenoxy) is 2. The zero-order valence-corrected chi connectivity index (χ0v) is 18.7. The van der Waals surface area contributed by atoms with Crippen molar-refractivity contribution in [2.45, 2.75) is 22.1 Å². The minimum atomic E-state index is -3.98. The van der Waals surface area contributed by atoms with Gasteiger partial charge in [0.2, 0.25) is 9.84 Å². The summed E-state index contributed by atoms with van der Waals surface area (Å²) in [5, 5.41) is 13.1. The molecule has 1 heterocycles. The molecule has 0 saturated heterocycles. The number of carbonyl (C=O) groups excluding carboxylic acids is 2. The van der Waals surface area contributed by atoms with Crippen LogP contribution in [0, 0.1) is 10.1 Å². The topological polar surface area (TPSA) is 155 Å². The number of carbonyl (C=O) groups is 2. The van der Waals surface area contributed by atoms with Crippen LogP contribution in [0.1, 0.15) is 6.92 Å². The number of amides is 1. The molecule has 3 rings (SSSR count). The second-order valence-electron chi connectivity index (χ2n) is 6.47. The Kier molecular flexibility index (Phi) is 7.35. The van der Waals surface area contributed by atoms with E-state index in [1.54, 1.807) is 30.3 Å². The molecule has 0 bridgehead atoms. The standard InChI is InChI=1S/C20H17N3O8S2/c1-13(31-15-5-3-2-4-6-15)19(25)30-12-17(24)22-20-21-11-18(32-20)33(28,29)16-9-7-14(8-10-16)23(26)27/h2-11,13H,12H2,1H3,(H,21,22,24). The van der Waals surface area contributed by atoms with E-state index < -0.39 is 39.3 Å². The summed E-state index contributed by atoms with van der Waals surface area (Å²) in [6.07, 6.45) is 0.109. The Bertz CT molecular complexity index is 1260. The highest BCUT2D eigenvalue weighted by Gasteiger charge is 2.23. The molecule has 11 nitrogen and oxygen atoms in total. The number of aromatic nitrogens is 1. The number of hydrogen-bond acceptors (Lipinski definition) is 10. The number of hydrogen-bond donors (Lipinski definition) is 1. The van der Waals surface area contributed by atoms with Crippen molar-refractivity contribution in [3.63, 3.8) is 0 Å². The van der Waals surface area contributed by atoms with Crippen LogP contribution in [-0.2, 0) is 24.2 Å². The zero-order chi connectivity index (χ0) is 24.0. The molecule has 1 aromatic heterocycles. The minimum absolute atomic E-state index is 0.0230. The first kappa shape index (κ1) is 23.8. The van der Waals surface area contributed by atoms with Crippen LogP contribution in [0.5, 0.6) is 5.75 Å². The SMILES string of the molecule is CC(Oc1ccccc1)C(=O)OCC(=O)Nc1ncc(S(=O)(=O)c2ccc([N+](=O)[O-])cc2)s1. The van der Waals surface area contributed by atoms with Gasteiger partial charge in [0.25, 0.3) is 11.6 Å². The van der Waals surface area contributed by atoms with E-state index in [0.29, 0.717) is 17.1 Å². The van der Waals surface area contributed by atoms with Crippen LogP contribution in [0.15, 0.2) is 69.9 Å². The number of benzene rings is 2. The fourth-order valence-electron chi connectivity index (χ4n) is 2.47. The molecule has 1 amide bonds. The van der Waals surface area contributed by atoms with Crippen molar-refractivity contribution in [1.82, 2.24) is 4.98 Å². The van der Waals surface area contributed by atoms with E-state index in [0.717, 1.165) is 30.5 Å². The normalized spacial score (nSPS) is 11.9. The van der Waals surface area contributed by atoms with Gasteiger partial charge in [-0.2, -0.15) is 0 Å². The number of nitro groups is 1. The number of rotatable bonds is 9. The highest BCUT2D eigenvalue weighted by molar-refractivity contribution is 7.93. The van der Waals surface area contributed by atoms with Gasteiger partial charge in [-0.05, 0) is 31.2 Å². The van der Waals surface area contributed by atoms with Gasteiger partial charge in [0.15, 0.2) is 17.8 Å². The largest absolute Gasteiger partial charge is 0.479 e. The van der Waals surface area contributed by atoms with E-state index in [4.69, 9.17) is 9.47 Å². The lowest BCUT2D eigenvalue weighted by atomic mass is 10.3. The molecule has 0 aliphatic rings. The van der Waals surface area contributed by atoms with Crippen LogP contribution in [0.2, 0.25) is 0 Å². The van der Waals surface area contributed by atoms with Crippen LogP contribution >= 0.6 is 11.3 Å². The van der Waals surface area contributed by atoms with Crippen LogP contribution in [0.4, 0.5) is 10.8 Å². The third-order valence-electron chi connectivity index (χ3n) is 4.09. The van der Waals surface area contributed by atoms with Crippen LogP contribution in [-0.4, -0.2) is 42.9 Å².